The molecule has 0 bridgehead atoms. The Morgan fingerprint density at radius 1 is 0.889 bits per heavy atom. The number of hydrogen-bond acceptors (Lipinski definition) is 3. The van der Waals surface area contributed by atoms with E-state index in [0.29, 0.717) is 0 Å². The molecule has 0 spiro atoms. The van der Waals surface area contributed by atoms with Gasteiger partial charge in [-0.05, 0) is 48.9 Å². The van der Waals surface area contributed by atoms with Gasteiger partial charge in [-0.2, -0.15) is 0 Å². The molecule has 27 heavy (non-hydrogen) atoms. The molecule has 4 aromatic rings. The fourth-order valence-corrected chi connectivity index (χ4v) is 3.83. The van der Waals surface area contributed by atoms with Crippen LogP contribution in [0.4, 0.5) is 0 Å². The molecule has 0 N–H and O–H groups in total. The lowest BCUT2D eigenvalue weighted by Crippen LogP contribution is -2.12. The number of rotatable bonds is 2. The average Bonchev–Trinajstić information content (AvgIpc) is 2.73. The third-order valence-corrected chi connectivity index (χ3v) is 5.17. The second-order valence-electron chi connectivity index (χ2n) is 6.76. The summed E-state index contributed by atoms with van der Waals surface area (Å²) >= 11 is 0. The molecule has 0 saturated carbocycles. The van der Waals surface area contributed by atoms with E-state index in [1.165, 1.54) is 11.1 Å². The fourth-order valence-electron chi connectivity index (χ4n) is 3.83. The predicted octanol–water partition coefficient (Wildman–Crippen LogP) is 6.03. The molecule has 1 unspecified atom stereocenters. The van der Waals surface area contributed by atoms with Crippen LogP contribution in [0.5, 0.6) is 11.5 Å². The van der Waals surface area contributed by atoms with E-state index < -0.39 is 0 Å². The summed E-state index contributed by atoms with van der Waals surface area (Å²) in [7, 11) is 1.68. The van der Waals surface area contributed by atoms with Gasteiger partial charge in [0.15, 0.2) is 0 Å². The lowest BCUT2D eigenvalue weighted by Gasteiger charge is -2.29. The van der Waals surface area contributed by atoms with E-state index >= 15 is 0 Å². The van der Waals surface area contributed by atoms with Gasteiger partial charge in [0.2, 0.25) is 0 Å². The molecule has 1 aromatic heterocycles. The molecular weight excluding hydrogens is 334 g/mol. The molecular formula is C24H19NO2. The summed E-state index contributed by atoms with van der Waals surface area (Å²) in [5.41, 5.74) is 6.37. The van der Waals surface area contributed by atoms with Crippen LogP contribution in [-0.4, -0.2) is 12.1 Å². The summed E-state index contributed by atoms with van der Waals surface area (Å²) in [5.74, 6) is 1.75. The number of fused-ring (bicyclic) bond motifs is 5. The maximum Gasteiger partial charge on any atom is 0.139 e. The zero-order chi connectivity index (χ0) is 18.4. The summed E-state index contributed by atoms with van der Waals surface area (Å²) in [6.07, 6.45) is 0.00298. The molecule has 0 aliphatic carbocycles. The van der Waals surface area contributed by atoms with Gasteiger partial charge in [-0.1, -0.05) is 36.4 Å². The number of hydrogen-bond donors (Lipinski definition) is 0. The molecule has 3 aromatic carbocycles. The number of nitrogens with zero attached hydrogens (tertiary/aromatic N) is 1. The van der Waals surface area contributed by atoms with Crippen LogP contribution in [0.15, 0.2) is 72.8 Å². The molecule has 3 nitrogen and oxygen atoms in total. The van der Waals surface area contributed by atoms with Gasteiger partial charge in [-0.25, -0.2) is 4.98 Å². The van der Waals surface area contributed by atoms with Crippen molar-refractivity contribution >= 4 is 10.9 Å². The summed E-state index contributed by atoms with van der Waals surface area (Å²) in [4.78, 5) is 5.02. The Labute approximate surface area is 158 Å². The average molecular weight is 353 g/mol. The van der Waals surface area contributed by atoms with Crippen molar-refractivity contribution in [2.24, 2.45) is 0 Å². The Balaban J connectivity index is 1.87. The fraction of sp³-hybridized carbons (Fsp3) is 0.125. The maximum atomic E-state index is 6.41. The third kappa shape index (κ3) is 2.47. The summed E-state index contributed by atoms with van der Waals surface area (Å²) in [6, 6.07) is 24.6. The van der Waals surface area contributed by atoms with Crippen molar-refractivity contribution in [1.29, 1.82) is 0 Å². The van der Waals surface area contributed by atoms with Gasteiger partial charge in [0.25, 0.3) is 0 Å². The highest BCUT2D eigenvalue weighted by molar-refractivity contribution is 6.00. The van der Waals surface area contributed by atoms with E-state index in [2.05, 4.69) is 49.4 Å². The number of pyridine rings is 1. The zero-order valence-electron chi connectivity index (χ0n) is 15.3. The Morgan fingerprint density at radius 2 is 1.63 bits per heavy atom. The van der Waals surface area contributed by atoms with Crippen LogP contribution in [-0.2, 0) is 0 Å². The molecule has 1 atom stereocenters. The van der Waals surface area contributed by atoms with Gasteiger partial charge in [-0.15, -0.1) is 0 Å². The first-order valence-electron chi connectivity index (χ1n) is 9.09. The molecule has 3 heteroatoms. The first kappa shape index (κ1) is 15.9. The van der Waals surface area contributed by atoms with Gasteiger partial charge >= 0.3 is 0 Å². The number of ether oxygens (including phenoxy) is 2. The van der Waals surface area contributed by atoms with Crippen molar-refractivity contribution in [3.8, 4) is 33.9 Å². The third-order valence-electron chi connectivity index (χ3n) is 5.17. The second-order valence-corrected chi connectivity index (χ2v) is 6.76. The smallest absolute Gasteiger partial charge is 0.139 e. The Bertz CT molecular complexity index is 1150. The Hall–Kier alpha value is -3.33. The Kier molecular flexibility index (Phi) is 3.61. The molecule has 5 rings (SSSR count). The van der Waals surface area contributed by atoms with E-state index in [1.54, 1.807) is 7.11 Å². The highest BCUT2D eigenvalue weighted by Crippen LogP contribution is 2.49. The normalized spacial score (nSPS) is 15.0. The summed E-state index contributed by atoms with van der Waals surface area (Å²) < 4.78 is 11.7. The minimum Gasteiger partial charge on any atom is -0.497 e. The van der Waals surface area contributed by atoms with E-state index in [1.807, 2.05) is 30.3 Å². The molecule has 0 radical (unpaired) electrons. The van der Waals surface area contributed by atoms with Gasteiger partial charge in [-0.3, -0.25) is 0 Å². The van der Waals surface area contributed by atoms with Crippen molar-refractivity contribution in [1.82, 2.24) is 4.98 Å². The van der Waals surface area contributed by atoms with Gasteiger partial charge in [0.1, 0.15) is 17.6 Å². The van der Waals surface area contributed by atoms with Crippen LogP contribution in [0.2, 0.25) is 0 Å². The molecule has 0 amide bonds. The molecule has 0 fully saturated rings. The highest BCUT2D eigenvalue weighted by Gasteiger charge is 2.28. The van der Waals surface area contributed by atoms with Crippen LogP contribution in [0.3, 0.4) is 0 Å². The number of methoxy groups -OCH3 is 1. The van der Waals surface area contributed by atoms with Gasteiger partial charge < -0.3 is 9.47 Å². The van der Waals surface area contributed by atoms with Gasteiger partial charge in [0.05, 0.1) is 23.9 Å². The van der Waals surface area contributed by atoms with Crippen LogP contribution < -0.4 is 9.47 Å². The highest BCUT2D eigenvalue weighted by atomic mass is 16.5. The lowest BCUT2D eigenvalue weighted by atomic mass is 9.89. The van der Waals surface area contributed by atoms with E-state index in [9.17, 15) is 0 Å². The SMILES string of the molecule is COc1ccc(-c2nc3ccccc3c3c2-c2ccccc2C(C)O3)cc1. The van der Waals surface area contributed by atoms with Crippen LogP contribution in [0.25, 0.3) is 33.3 Å². The molecule has 2 heterocycles. The van der Waals surface area contributed by atoms with E-state index in [-0.39, 0.29) is 6.10 Å². The number of benzene rings is 3. The first-order chi connectivity index (χ1) is 13.3. The summed E-state index contributed by atoms with van der Waals surface area (Å²) in [5, 5.41) is 1.05. The number of aromatic nitrogens is 1. The minimum atomic E-state index is 0.00298. The van der Waals surface area contributed by atoms with E-state index in [0.717, 1.165) is 39.2 Å². The van der Waals surface area contributed by atoms with Crippen molar-refractivity contribution in [2.75, 3.05) is 7.11 Å². The standard InChI is InChI=1S/C24H19NO2/c1-15-18-7-3-4-8-19(18)22-23(16-11-13-17(26-2)14-12-16)25-21-10-6-5-9-20(21)24(22)27-15/h3-15H,1-2H3. The van der Waals surface area contributed by atoms with E-state index in [4.69, 9.17) is 14.5 Å². The quantitative estimate of drug-likeness (QED) is 0.441. The molecule has 0 saturated heterocycles. The second kappa shape index (κ2) is 6.13. The maximum absolute atomic E-state index is 6.41. The predicted molar refractivity (Wildman–Crippen MR) is 108 cm³/mol. The topological polar surface area (TPSA) is 31.4 Å². The van der Waals surface area contributed by atoms with Crippen LogP contribution in [0.1, 0.15) is 18.6 Å². The Morgan fingerprint density at radius 3 is 2.44 bits per heavy atom. The molecule has 132 valence electrons. The molecule has 1 aliphatic rings. The monoisotopic (exact) mass is 353 g/mol. The van der Waals surface area contributed by atoms with Crippen molar-refractivity contribution in [2.45, 2.75) is 13.0 Å². The van der Waals surface area contributed by atoms with Gasteiger partial charge in [0, 0.05) is 16.5 Å². The lowest BCUT2D eigenvalue weighted by molar-refractivity contribution is 0.226. The zero-order valence-corrected chi connectivity index (χ0v) is 15.3. The summed E-state index contributed by atoms with van der Waals surface area (Å²) in [6.45, 7) is 2.10. The number of para-hydroxylation sites is 1. The van der Waals surface area contributed by atoms with Crippen LogP contribution >= 0.6 is 0 Å². The van der Waals surface area contributed by atoms with Crippen LogP contribution in [0, 0.1) is 0 Å². The van der Waals surface area contributed by atoms with Crippen molar-refractivity contribution < 1.29 is 9.47 Å². The first-order valence-corrected chi connectivity index (χ1v) is 9.09. The molecule has 1 aliphatic heterocycles. The largest absolute Gasteiger partial charge is 0.497 e. The van der Waals surface area contributed by atoms with Crippen molar-refractivity contribution in [3.05, 3.63) is 78.4 Å². The minimum absolute atomic E-state index is 0.00298. The van der Waals surface area contributed by atoms with Crippen molar-refractivity contribution in [3.63, 3.8) is 0 Å².